The van der Waals surface area contributed by atoms with Crippen LogP contribution < -0.4 is 5.32 Å². The van der Waals surface area contributed by atoms with Gasteiger partial charge in [-0.2, -0.15) is 5.26 Å². The molecule has 1 aliphatic heterocycles. The lowest BCUT2D eigenvalue weighted by Gasteiger charge is -2.21. The first-order chi connectivity index (χ1) is 12.0. The van der Waals surface area contributed by atoms with Crippen LogP contribution in [0.5, 0.6) is 0 Å². The number of nitrogens with zero attached hydrogens (tertiary/aromatic N) is 2. The van der Waals surface area contributed by atoms with Crippen molar-refractivity contribution in [1.29, 1.82) is 5.26 Å². The first kappa shape index (κ1) is 16.9. The molecule has 1 N–H and O–H groups in total. The molecule has 6 heteroatoms. The number of amides is 1. The van der Waals surface area contributed by atoms with Crippen LogP contribution in [0.1, 0.15) is 36.1 Å². The smallest absolute Gasteiger partial charge is 0.219 e. The highest BCUT2D eigenvalue weighted by molar-refractivity contribution is 5.73. The van der Waals surface area contributed by atoms with E-state index in [4.69, 9.17) is 5.26 Å². The van der Waals surface area contributed by atoms with E-state index in [-0.39, 0.29) is 29.0 Å². The molecule has 1 amide bonds. The SMILES string of the molecule is CC(=O)N1CCC(Nc2ccc(C#N)cc2F)c2ccc(F)cc2C1. The molecule has 0 saturated carbocycles. The standard InChI is InChI=1S/C19H17F2N3O/c1-12(25)24-7-6-18(16-4-3-15(20)9-14(16)11-24)23-19-5-2-13(10-22)8-17(19)21/h2-5,8-9,18,23H,6-7,11H2,1H3. The quantitative estimate of drug-likeness (QED) is 0.905. The highest BCUT2D eigenvalue weighted by Gasteiger charge is 2.24. The fourth-order valence-electron chi connectivity index (χ4n) is 3.08. The van der Waals surface area contributed by atoms with Gasteiger partial charge in [-0.15, -0.1) is 0 Å². The van der Waals surface area contributed by atoms with Crippen molar-refractivity contribution in [2.24, 2.45) is 0 Å². The van der Waals surface area contributed by atoms with Gasteiger partial charge in [0.1, 0.15) is 11.6 Å². The number of hydrogen-bond acceptors (Lipinski definition) is 3. The van der Waals surface area contributed by atoms with E-state index in [0.717, 1.165) is 5.56 Å². The second kappa shape index (κ2) is 6.89. The lowest BCUT2D eigenvalue weighted by molar-refractivity contribution is -0.129. The number of nitriles is 1. The van der Waals surface area contributed by atoms with Crippen LogP contribution in [0.25, 0.3) is 0 Å². The van der Waals surface area contributed by atoms with Crippen molar-refractivity contribution in [2.45, 2.75) is 25.9 Å². The molecule has 0 fully saturated rings. The fraction of sp³-hybridized carbons (Fsp3) is 0.263. The number of carbonyl (C=O) groups is 1. The van der Waals surface area contributed by atoms with Crippen LogP contribution in [-0.4, -0.2) is 17.4 Å². The summed E-state index contributed by atoms with van der Waals surface area (Å²) in [6, 6.07) is 10.3. The maximum Gasteiger partial charge on any atom is 0.219 e. The molecule has 1 aliphatic rings. The molecule has 1 atom stereocenters. The van der Waals surface area contributed by atoms with Crippen molar-refractivity contribution in [2.75, 3.05) is 11.9 Å². The number of carbonyl (C=O) groups excluding carboxylic acids is 1. The molecule has 128 valence electrons. The maximum absolute atomic E-state index is 14.2. The van der Waals surface area contributed by atoms with Gasteiger partial charge in [-0.1, -0.05) is 6.07 Å². The zero-order chi connectivity index (χ0) is 18.0. The van der Waals surface area contributed by atoms with Crippen LogP contribution >= 0.6 is 0 Å². The molecular weight excluding hydrogens is 324 g/mol. The Labute approximate surface area is 144 Å². The molecule has 0 spiro atoms. The summed E-state index contributed by atoms with van der Waals surface area (Å²) in [6.45, 7) is 2.30. The minimum atomic E-state index is -0.518. The predicted octanol–water partition coefficient (Wildman–Crippen LogP) is 3.74. The van der Waals surface area contributed by atoms with Gasteiger partial charge in [0, 0.05) is 20.0 Å². The van der Waals surface area contributed by atoms with E-state index < -0.39 is 5.82 Å². The monoisotopic (exact) mass is 341 g/mol. The molecule has 0 aliphatic carbocycles. The van der Waals surface area contributed by atoms with Gasteiger partial charge < -0.3 is 10.2 Å². The number of hydrogen-bond donors (Lipinski definition) is 1. The number of fused-ring (bicyclic) bond motifs is 1. The third-order valence-electron chi connectivity index (χ3n) is 4.40. The number of anilines is 1. The molecule has 25 heavy (non-hydrogen) atoms. The molecule has 4 nitrogen and oxygen atoms in total. The molecule has 0 radical (unpaired) electrons. The molecule has 0 bridgehead atoms. The van der Waals surface area contributed by atoms with Gasteiger partial charge in [-0.3, -0.25) is 4.79 Å². The Morgan fingerprint density at radius 2 is 2.08 bits per heavy atom. The zero-order valence-electron chi connectivity index (χ0n) is 13.7. The van der Waals surface area contributed by atoms with Crippen LogP contribution in [0.3, 0.4) is 0 Å². The van der Waals surface area contributed by atoms with E-state index in [0.29, 0.717) is 25.1 Å². The van der Waals surface area contributed by atoms with Crippen LogP contribution in [0, 0.1) is 23.0 Å². The predicted molar refractivity (Wildman–Crippen MR) is 89.6 cm³/mol. The minimum Gasteiger partial charge on any atom is -0.376 e. The number of nitrogens with one attached hydrogen (secondary N) is 1. The van der Waals surface area contributed by atoms with Crippen molar-refractivity contribution < 1.29 is 13.6 Å². The second-order valence-electron chi connectivity index (χ2n) is 6.08. The molecule has 0 aromatic heterocycles. The van der Waals surface area contributed by atoms with Crippen molar-refractivity contribution in [3.8, 4) is 6.07 Å². The summed E-state index contributed by atoms with van der Waals surface area (Å²) in [7, 11) is 0. The average molecular weight is 341 g/mol. The van der Waals surface area contributed by atoms with Gasteiger partial charge in [0.05, 0.1) is 23.4 Å². The van der Waals surface area contributed by atoms with E-state index >= 15 is 0 Å². The van der Waals surface area contributed by atoms with Crippen molar-refractivity contribution in [1.82, 2.24) is 4.90 Å². The molecule has 1 heterocycles. The molecule has 3 rings (SSSR count). The van der Waals surface area contributed by atoms with Gasteiger partial charge in [0.25, 0.3) is 0 Å². The van der Waals surface area contributed by atoms with E-state index in [1.165, 1.54) is 37.3 Å². The Balaban J connectivity index is 1.94. The molecule has 0 saturated heterocycles. The van der Waals surface area contributed by atoms with Crippen molar-refractivity contribution in [3.05, 3.63) is 64.7 Å². The Hall–Kier alpha value is -2.94. The van der Waals surface area contributed by atoms with Gasteiger partial charge in [-0.25, -0.2) is 8.78 Å². The molecule has 2 aromatic carbocycles. The van der Waals surface area contributed by atoms with E-state index in [1.807, 2.05) is 6.07 Å². The summed E-state index contributed by atoms with van der Waals surface area (Å²) in [5, 5.41) is 12.0. The second-order valence-corrected chi connectivity index (χ2v) is 6.08. The fourth-order valence-corrected chi connectivity index (χ4v) is 3.08. The Bertz CT molecular complexity index is 860. The normalized spacial score (nSPS) is 16.6. The highest BCUT2D eigenvalue weighted by Crippen LogP contribution is 2.31. The van der Waals surface area contributed by atoms with Crippen LogP contribution in [0.15, 0.2) is 36.4 Å². The number of benzene rings is 2. The average Bonchev–Trinajstić information content (AvgIpc) is 2.76. The maximum atomic E-state index is 14.2. The summed E-state index contributed by atoms with van der Waals surface area (Å²) < 4.78 is 27.8. The lowest BCUT2D eigenvalue weighted by atomic mass is 9.98. The molecular formula is C19H17F2N3O. The Morgan fingerprint density at radius 3 is 2.76 bits per heavy atom. The van der Waals surface area contributed by atoms with Gasteiger partial charge in [0.15, 0.2) is 0 Å². The lowest BCUT2D eigenvalue weighted by Crippen LogP contribution is -2.28. The summed E-state index contributed by atoms with van der Waals surface area (Å²) in [6.07, 6.45) is 0.567. The van der Waals surface area contributed by atoms with Crippen LogP contribution in [0.4, 0.5) is 14.5 Å². The van der Waals surface area contributed by atoms with Gasteiger partial charge >= 0.3 is 0 Å². The summed E-state index contributed by atoms with van der Waals surface area (Å²) in [5.74, 6) is -0.969. The Kier molecular flexibility index (Phi) is 4.66. The topological polar surface area (TPSA) is 56.1 Å². The largest absolute Gasteiger partial charge is 0.376 e. The van der Waals surface area contributed by atoms with Gasteiger partial charge in [-0.05, 0) is 47.9 Å². The third-order valence-corrected chi connectivity index (χ3v) is 4.40. The van der Waals surface area contributed by atoms with Gasteiger partial charge in [0.2, 0.25) is 5.91 Å². The third kappa shape index (κ3) is 3.61. The number of halogens is 2. The minimum absolute atomic E-state index is 0.0829. The first-order valence-corrected chi connectivity index (χ1v) is 7.98. The molecule has 1 unspecified atom stereocenters. The summed E-state index contributed by atoms with van der Waals surface area (Å²) >= 11 is 0. The zero-order valence-corrected chi connectivity index (χ0v) is 13.7. The highest BCUT2D eigenvalue weighted by atomic mass is 19.1. The van der Waals surface area contributed by atoms with Crippen LogP contribution in [0.2, 0.25) is 0 Å². The first-order valence-electron chi connectivity index (χ1n) is 7.98. The van der Waals surface area contributed by atoms with E-state index in [2.05, 4.69) is 5.32 Å². The molecule has 2 aromatic rings. The Morgan fingerprint density at radius 1 is 1.28 bits per heavy atom. The van der Waals surface area contributed by atoms with Crippen molar-refractivity contribution in [3.63, 3.8) is 0 Å². The van der Waals surface area contributed by atoms with Crippen LogP contribution in [-0.2, 0) is 11.3 Å². The summed E-state index contributed by atoms with van der Waals surface area (Å²) in [5.41, 5.74) is 2.07. The number of rotatable bonds is 2. The summed E-state index contributed by atoms with van der Waals surface area (Å²) in [4.78, 5) is 13.4. The van der Waals surface area contributed by atoms with Crippen molar-refractivity contribution >= 4 is 11.6 Å². The van der Waals surface area contributed by atoms with E-state index in [1.54, 1.807) is 11.0 Å². The van der Waals surface area contributed by atoms with E-state index in [9.17, 15) is 13.6 Å².